The number of nitrogens with one attached hydrogen (secondary N) is 3. The minimum atomic E-state index is -0.178. The first-order valence-corrected chi connectivity index (χ1v) is 4.90. The third-order valence-corrected chi connectivity index (χ3v) is 2.25. The molecule has 0 aromatic rings. The van der Waals surface area contributed by atoms with Gasteiger partial charge in [0.05, 0.1) is 6.54 Å². The minimum Gasteiger partial charge on any atom is -0.354 e. The van der Waals surface area contributed by atoms with Crippen molar-refractivity contribution in [1.29, 1.82) is 0 Å². The van der Waals surface area contributed by atoms with Crippen molar-refractivity contribution in [2.24, 2.45) is 5.92 Å². The highest BCUT2D eigenvalue weighted by molar-refractivity contribution is 5.83. The summed E-state index contributed by atoms with van der Waals surface area (Å²) >= 11 is 0. The average molecular weight is 199 g/mol. The Kier molecular flexibility index (Phi) is 4.39. The van der Waals surface area contributed by atoms with E-state index >= 15 is 0 Å². The fourth-order valence-electron chi connectivity index (χ4n) is 1.41. The van der Waals surface area contributed by atoms with E-state index in [9.17, 15) is 9.59 Å². The Morgan fingerprint density at radius 2 is 2.21 bits per heavy atom. The average Bonchev–Trinajstić information content (AvgIpc) is 2.63. The third kappa shape index (κ3) is 4.23. The second-order valence-corrected chi connectivity index (χ2v) is 3.57. The van der Waals surface area contributed by atoms with Gasteiger partial charge in [0.2, 0.25) is 11.8 Å². The molecule has 0 spiro atoms. The van der Waals surface area contributed by atoms with Crippen LogP contribution in [0.5, 0.6) is 0 Å². The summed E-state index contributed by atoms with van der Waals surface area (Å²) in [7, 11) is 0. The third-order valence-electron chi connectivity index (χ3n) is 2.25. The maximum Gasteiger partial charge on any atom is 0.239 e. The second kappa shape index (κ2) is 5.59. The van der Waals surface area contributed by atoms with E-state index < -0.39 is 0 Å². The van der Waals surface area contributed by atoms with Gasteiger partial charge in [0.25, 0.3) is 0 Å². The molecule has 1 rings (SSSR count). The Hall–Kier alpha value is -1.10. The summed E-state index contributed by atoms with van der Waals surface area (Å²) in [5.41, 5.74) is 0. The Morgan fingerprint density at radius 1 is 1.43 bits per heavy atom. The van der Waals surface area contributed by atoms with Gasteiger partial charge in [-0.25, -0.2) is 0 Å². The molecular formula is C9H17N3O2. The van der Waals surface area contributed by atoms with Crippen LogP contribution in [0.3, 0.4) is 0 Å². The van der Waals surface area contributed by atoms with Crippen LogP contribution in [0.2, 0.25) is 0 Å². The van der Waals surface area contributed by atoms with Gasteiger partial charge in [-0.1, -0.05) is 0 Å². The largest absolute Gasteiger partial charge is 0.354 e. The van der Waals surface area contributed by atoms with Crippen molar-refractivity contribution in [2.75, 3.05) is 26.2 Å². The molecule has 5 nitrogen and oxygen atoms in total. The molecule has 1 unspecified atom stereocenters. The molecule has 1 aliphatic heterocycles. The molecule has 0 bridgehead atoms. The van der Waals surface area contributed by atoms with Gasteiger partial charge in [0.1, 0.15) is 0 Å². The molecule has 0 aromatic heterocycles. The number of hydrogen-bond acceptors (Lipinski definition) is 3. The van der Waals surface area contributed by atoms with E-state index in [0.717, 1.165) is 19.5 Å². The quantitative estimate of drug-likeness (QED) is 0.535. The van der Waals surface area contributed by atoms with Crippen molar-refractivity contribution in [3.8, 4) is 0 Å². The molecule has 1 fully saturated rings. The molecule has 0 radical (unpaired) electrons. The van der Waals surface area contributed by atoms with E-state index in [0.29, 0.717) is 12.5 Å². The van der Waals surface area contributed by atoms with Gasteiger partial charge in [-0.3, -0.25) is 9.59 Å². The molecule has 0 saturated carbocycles. The molecule has 1 aliphatic rings. The molecule has 1 saturated heterocycles. The van der Waals surface area contributed by atoms with Crippen LogP contribution in [-0.2, 0) is 9.59 Å². The lowest BCUT2D eigenvalue weighted by Crippen LogP contribution is -2.38. The molecule has 1 atom stereocenters. The molecular weight excluding hydrogens is 182 g/mol. The zero-order valence-electron chi connectivity index (χ0n) is 8.43. The minimum absolute atomic E-state index is 0.0789. The summed E-state index contributed by atoms with van der Waals surface area (Å²) in [5.74, 6) is 0.242. The maximum absolute atomic E-state index is 11.2. The maximum atomic E-state index is 11.2. The highest BCUT2D eigenvalue weighted by Gasteiger charge is 2.14. The molecule has 14 heavy (non-hydrogen) atoms. The van der Waals surface area contributed by atoms with Crippen molar-refractivity contribution >= 4 is 11.8 Å². The van der Waals surface area contributed by atoms with Gasteiger partial charge >= 0.3 is 0 Å². The van der Waals surface area contributed by atoms with E-state index in [4.69, 9.17) is 0 Å². The fraction of sp³-hybridized carbons (Fsp3) is 0.778. The van der Waals surface area contributed by atoms with Crippen LogP contribution < -0.4 is 16.0 Å². The van der Waals surface area contributed by atoms with Gasteiger partial charge < -0.3 is 16.0 Å². The highest BCUT2D eigenvalue weighted by Crippen LogP contribution is 2.04. The lowest BCUT2D eigenvalue weighted by atomic mass is 10.1. The van der Waals surface area contributed by atoms with E-state index in [-0.39, 0.29) is 18.4 Å². The van der Waals surface area contributed by atoms with Gasteiger partial charge in [0, 0.05) is 13.5 Å². The first-order valence-electron chi connectivity index (χ1n) is 4.90. The van der Waals surface area contributed by atoms with E-state index in [1.54, 1.807) is 0 Å². The molecule has 3 N–H and O–H groups in total. The highest BCUT2D eigenvalue weighted by atomic mass is 16.2. The summed E-state index contributed by atoms with van der Waals surface area (Å²) in [5, 5.41) is 8.47. The van der Waals surface area contributed by atoms with E-state index in [2.05, 4.69) is 16.0 Å². The number of amides is 2. The van der Waals surface area contributed by atoms with E-state index in [1.807, 2.05) is 0 Å². The van der Waals surface area contributed by atoms with Crippen LogP contribution in [0.15, 0.2) is 0 Å². The van der Waals surface area contributed by atoms with Crippen LogP contribution in [0.25, 0.3) is 0 Å². The monoisotopic (exact) mass is 199 g/mol. The summed E-state index contributed by atoms with van der Waals surface area (Å²) in [6.07, 6.45) is 1.11. The fourth-order valence-corrected chi connectivity index (χ4v) is 1.41. The zero-order chi connectivity index (χ0) is 10.4. The molecule has 80 valence electrons. The summed E-state index contributed by atoms with van der Waals surface area (Å²) in [6, 6.07) is 0. The smallest absolute Gasteiger partial charge is 0.239 e. The summed E-state index contributed by atoms with van der Waals surface area (Å²) in [4.78, 5) is 21.7. The lowest BCUT2D eigenvalue weighted by molar-refractivity contribution is -0.125. The molecule has 0 aliphatic carbocycles. The first-order chi connectivity index (χ1) is 6.68. The van der Waals surface area contributed by atoms with Gasteiger partial charge in [-0.15, -0.1) is 0 Å². The second-order valence-electron chi connectivity index (χ2n) is 3.57. The lowest BCUT2D eigenvalue weighted by Gasteiger charge is -2.09. The van der Waals surface area contributed by atoms with Gasteiger partial charge in [-0.05, 0) is 25.4 Å². The van der Waals surface area contributed by atoms with Crippen molar-refractivity contribution < 1.29 is 9.59 Å². The SMILES string of the molecule is CC(=O)NCC(=O)NCC1CCNC1. The predicted octanol–water partition coefficient (Wildman–Crippen LogP) is -1.15. The summed E-state index contributed by atoms with van der Waals surface area (Å²) in [6.45, 7) is 4.18. The van der Waals surface area contributed by atoms with Crippen LogP contribution in [-0.4, -0.2) is 38.0 Å². The van der Waals surface area contributed by atoms with Crippen molar-refractivity contribution in [2.45, 2.75) is 13.3 Å². The van der Waals surface area contributed by atoms with Crippen molar-refractivity contribution in [1.82, 2.24) is 16.0 Å². The number of carbonyl (C=O) groups is 2. The van der Waals surface area contributed by atoms with Crippen LogP contribution >= 0.6 is 0 Å². The standard InChI is InChI=1S/C9H17N3O2/c1-7(13)11-6-9(14)12-5-8-2-3-10-4-8/h8,10H,2-6H2,1H3,(H,11,13)(H,12,14). The van der Waals surface area contributed by atoms with Crippen molar-refractivity contribution in [3.05, 3.63) is 0 Å². The zero-order valence-corrected chi connectivity index (χ0v) is 8.43. The molecule has 1 heterocycles. The number of hydrogen-bond donors (Lipinski definition) is 3. The van der Waals surface area contributed by atoms with Crippen molar-refractivity contribution in [3.63, 3.8) is 0 Å². The first kappa shape index (κ1) is 11.0. The predicted molar refractivity (Wildman–Crippen MR) is 52.7 cm³/mol. The topological polar surface area (TPSA) is 70.2 Å². The Balaban J connectivity index is 2.05. The Morgan fingerprint density at radius 3 is 2.79 bits per heavy atom. The van der Waals surface area contributed by atoms with Crippen LogP contribution in [0, 0.1) is 5.92 Å². The Labute approximate surface area is 83.6 Å². The van der Waals surface area contributed by atoms with E-state index in [1.165, 1.54) is 6.92 Å². The van der Waals surface area contributed by atoms with Gasteiger partial charge in [0.15, 0.2) is 0 Å². The van der Waals surface area contributed by atoms with Crippen LogP contribution in [0.1, 0.15) is 13.3 Å². The molecule has 0 aromatic carbocycles. The Bertz CT molecular complexity index is 212. The normalized spacial score (nSPS) is 20.5. The number of rotatable bonds is 4. The molecule has 2 amide bonds. The van der Waals surface area contributed by atoms with Gasteiger partial charge in [-0.2, -0.15) is 0 Å². The van der Waals surface area contributed by atoms with Crippen LogP contribution in [0.4, 0.5) is 0 Å². The summed E-state index contributed by atoms with van der Waals surface area (Å²) < 4.78 is 0. The molecule has 5 heteroatoms. The number of carbonyl (C=O) groups excluding carboxylic acids is 2.